The van der Waals surface area contributed by atoms with Gasteiger partial charge in [0.05, 0.1) is 4.88 Å². The van der Waals surface area contributed by atoms with Crippen molar-refractivity contribution in [2.24, 2.45) is 0 Å². The highest BCUT2D eigenvalue weighted by Crippen LogP contribution is 2.22. The Hall–Kier alpha value is -1.34. The van der Waals surface area contributed by atoms with Crippen molar-refractivity contribution in [2.75, 3.05) is 5.75 Å². The molecule has 2 aromatic heterocycles. The minimum absolute atomic E-state index is 0.320. The van der Waals surface area contributed by atoms with E-state index in [4.69, 9.17) is 9.63 Å². The van der Waals surface area contributed by atoms with Gasteiger partial charge in [-0.2, -0.15) is 4.98 Å². The van der Waals surface area contributed by atoms with E-state index in [9.17, 15) is 4.79 Å². The molecule has 1 atom stereocenters. The van der Waals surface area contributed by atoms with Gasteiger partial charge in [0.1, 0.15) is 5.25 Å². The van der Waals surface area contributed by atoms with Crippen LogP contribution >= 0.6 is 23.1 Å². The number of aryl methyl sites for hydroxylation is 1. The van der Waals surface area contributed by atoms with Crippen LogP contribution in [0.25, 0.3) is 10.7 Å². The van der Waals surface area contributed by atoms with Crippen molar-refractivity contribution in [3.63, 3.8) is 0 Å². The monoisotopic (exact) mass is 312 g/mol. The van der Waals surface area contributed by atoms with Gasteiger partial charge in [-0.1, -0.05) is 18.1 Å². The fourth-order valence-electron chi connectivity index (χ4n) is 1.68. The zero-order chi connectivity index (χ0) is 14.4. The summed E-state index contributed by atoms with van der Waals surface area (Å²) in [6, 6.07) is 3.90. The van der Waals surface area contributed by atoms with Crippen LogP contribution in [0.5, 0.6) is 0 Å². The number of hydrogen-bond acceptors (Lipinski definition) is 6. The van der Waals surface area contributed by atoms with E-state index in [0.717, 1.165) is 17.1 Å². The first-order valence-electron chi connectivity index (χ1n) is 6.41. The SMILES string of the molecule is CCC(SCCCc1nc(-c2cccs2)no1)C(=O)O. The summed E-state index contributed by atoms with van der Waals surface area (Å²) < 4.78 is 5.19. The lowest BCUT2D eigenvalue weighted by molar-refractivity contribution is -0.136. The first-order chi connectivity index (χ1) is 9.70. The molecular weight excluding hydrogens is 296 g/mol. The zero-order valence-electron chi connectivity index (χ0n) is 11.1. The second-order valence-electron chi connectivity index (χ2n) is 4.20. The molecule has 20 heavy (non-hydrogen) atoms. The van der Waals surface area contributed by atoms with Crippen LogP contribution in [0.2, 0.25) is 0 Å². The molecule has 0 aliphatic rings. The molecular formula is C13H16N2O3S2. The minimum atomic E-state index is -0.740. The van der Waals surface area contributed by atoms with Crippen LogP contribution in [0.1, 0.15) is 25.7 Å². The number of aliphatic carboxylic acids is 1. The third-order valence-corrected chi connectivity index (χ3v) is 5.04. The average Bonchev–Trinajstić information content (AvgIpc) is 3.09. The molecule has 0 spiro atoms. The highest BCUT2D eigenvalue weighted by Gasteiger charge is 2.15. The number of carbonyl (C=O) groups is 1. The van der Waals surface area contributed by atoms with Gasteiger partial charge in [-0.25, -0.2) is 0 Å². The number of thiophene rings is 1. The summed E-state index contributed by atoms with van der Waals surface area (Å²) >= 11 is 3.04. The van der Waals surface area contributed by atoms with Gasteiger partial charge in [0, 0.05) is 6.42 Å². The van der Waals surface area contributed by atoms with E-state index in [-0.39, 0.29) is 5.25 Å². The molecule has 0 fully saturated rings. The average molecular weight is 312 g/mol. The van der Waals surface area contributed by atoms with Gasteiger partial charge in [0.15, 0.2) is 0 Å². The van der Waals surface area contributed by atoms with Crippen molar-refractivity contribution in [1.29, 1.82) is 0 Å². The Morgan fingerprint density at radius 2 is 2.45 bits per heavy atom. The number of nitrogens with zero attached hydrogens (tertiary/aromatic N) is 2. The predicted octanol–water partition coefficient (Wildman–Crippen LogP) is 3.33. The van der Waals surface area contributed by atoms with Crippen molar-refractivity contribution in [1.82, 2.24) is 10.1 Å². The third-order valence-electron chi connectivity index (χ3n) is 2.71. The van der Waals surface area contributed by atoms with E-state index >= 15 is 0 Å². The summed E-state index contributed by atoms with van der Waals surface area (Å²) in [4.78, 5) is 16.2. The summed E-state index contributed by atoms with van der Waals surface area (Å²) in [5.41, 5.74) is 0. The van der Waals surface area contributed by atoms with Gasteiger partial charge in [-0.15, -0.1) is 23.1 Å². The molecule has 1 N–H and O–H groups in total. The van der Waals surface area contributed by atoms with Crippen molar-refractivity contribution in [3.05, 3.63) is 23.4 Å². The van der Waals surface area contributed by atoms with Gasteiger partial charge in [0.2, 0.25) is 11.7 Å². The number of thioether (sulfide) groups is 1. The van der Waals surface area contributed by atoms with Crippen molar-refractivity contribution in [2.45, 2.75) is 31.4 Å². The van der Waals surface area contributed by atoms with Crippen molar-refractivity contribution >= 4 is 29.1 Å². The molecule has 0 aliphatic heterocycles. The lowest BCUT2D eigenvalue weighted by Crippen LogP contribution is -2.15. The molecule has 108 valence electrons. The summed E-state index contributed by atoms with van der Waals surface area (Å²) in [6.07, 6.45) is 2.16. The highest BCUT2D eigenvalue weighted by molar-refractivity contribution is 8.00. The first-order valence-corrected chi connectivity index (χ1v) is 8.34. The molecule has 2 heterocycles. The van der Waals surface area contributed by atoms with E-state index < -0.39 is 5.97 Å². The molecule has 2 rings (SSSR count). The highest BCUT2D eigenvalue weighted by atomic mass is 32.2. The van der Waals surface area contributed by atoms with Crippen LogP contribution in [0.4, 0.5) is 0 Å². The van der Waals surface area contributed by atoms with E-state index in [1.807, 2.05) is 24.4 Å². The molecule has 0 radical (unpaired) electrons. The van der Waals surface area contributed by atoms with E-state index in [0.29, 0.717) is 24.6 Å². The Bertz CT molecular complexity index is 540. The van der Waals surface area contributed by atoms with Crippen LogP contribution in [-0.2, 0) is 11.2 Å². The topological polar surface area (TPSA) is 76.2 Å². The summed E-state index contributed by atoms with van der Waals surface area (Å²) in [5.74, 6) is 1.27. The van der Waals surface area contributed by atoms with Gasteiger partial charge in [-0.3, -0.25) is 4.79 Å². The Kier molecular flexibility index (Phi) is 5.60. The smallest absolute Gasteiger partial charge is 0.316 e. The van der Waals surface area contributed by atoms with Gasteiger partial charge >= 0.3 is 5.97 Å². The normalized spacial score (nSPS) is 12.4. The molecule has 5 nitrogen and oxygen atoms in total. The number of aromatic nitrogens is 2. The quantitative estimate of drug-likeness (QED) is 0.753. The minimum Gasteiger partial charge on any atom is -0.480 e. The number of hydrogen-bond donors (Lipinski definition) is 1. The molecule has 1 unspecified atom stereocenters. The van der Waals surface area contributed by atoms with Gasteiger partial charge in [-0.05, 0) is 30.0 Å². The van der Waals surface area contributed by atoms with E-state index in [1.165, 1.54) is 11.8 Å². The summed E-state index contributed by atoms with van der Waals surface area (Å²) in [5, 5.41) is 14.5. The number of rotatable bonds is 8. The predicted molar refractivity (Wildman–Crippen MR) is 80.1 cm³/mol. The first kappa shape index (κ1) is 15.1. The molecule has 0 bridgehead atoms. The molecule has 2 aromatic rings. The van der Waals surface area contributed by atoms with Crippen LogP contribution < -0.4 is 0 Å². The van der Waals surface area contributed by atoms with Crippen molar-refractivity contribution in [3.8, 4) is 10.7 Å². The lowest BCUT2D eigenvalue weighted by atomic mass is 10.3. The second-order valence-corrected chi connectivity index (χ2v) is 6.46. The van der Waals surface area contributed by atoms with Crippen LogP contribution in [0, 0.1) is 0 Å². The van der Waals surface area contributed by atoms with Crippen LogP contribution in [0.15, 0.2) is 22.0 Å². The Morgan fingerprint density at radius 1 is 1.60 bits per heavy atom. The fraction of sp³-hybridized carbons (Fsp3) is 0.462. The molecule has 0 saturated carbocycles. The van der Waals surface area contributed by atoms with Gasteiger partial charge in [0.25, 0.3) is 0 Å². The fourth-order valence-corrected chi connectivity index (χ4v) is 3.30. The Labute approximate surface area is 125 Å². The van der Waals surface area contributed by atoms with E-state index in [2.05, 4.69) is 10.1 Å². The van der Waals surface area contributed by atoms with E-state index in [1.54, 1.807) is 11.3 Å². The number of carboxylic acids is 1. The summed E-state index contributed by atoms with van der Waals surface area (Å²) in [6.45, 7) is 1.89. The summed E-state index contributed by atoms with van der Waals surface area (Å²) in [7, 11) is 0. The van der Waals surface area contributed by atoms with Crippen LogP contribution in [-0.4, -0.2) is 32.2 Å². The third kappa shape index (κ3) is 4.08. The van der Waals surface area contributed by atoms with Crippen LogP contribution in [0.3, 0.4) is 0 Å². The number of carboxylic acid groups (broad SMARTS) is 1. The molecule has 0 amide bonds. The maximum atomic E-state index is 10.9. The lowest BCUT2D eigenvalue weighted by Gasteiger charge is -2.07. The molecule has 0 saturated heterocycles. The Balaban J connectivity index is 1.76. The largest absolute Gasteiger partial charge is 0.480 e. The Morgan fingerprint density at radius 3 is 3.10 bits per heavy atom. The maximum Gasteiger partial charge on any atom is 0.316 e. The zero-order valence-corrected chi connectivity index (χ0v) is 12.7. The molecule has 0 aliphatic carbocycles. The standard InChI is InChI=1S/C13H16N2O3S2/c1-2-9(13(16)17)19-8-4-6-11-14-12(15-18-11)10-5-3-7-20-10/h3,5,7,9H,2,4,6,8H2,1H3,(H,16,17). The van der Waals surface area contributed by atoms with Crippen molar-refractivity contribution < 1.29 is 14.4 Å². The second kappa shape index (κ2) is 7.44. The van der Waals surface area contributed by atoms with Gasteiger partial charge < -0.3 is 9.63 Å². The molecule has 7 heteroatoms. The maximum absolute atomic E-state index is 10.9. The molecule has 0 aromatic carbocycles.